The van der Waals surface area contributed by atoms with E-state index in [9.17, 15) is 4.79 Å². The smallest absolute Gasteiger partial charge is 0.150 e. The molecule has 0 saturated heterocycles. The molecule has 0 amide bonds. The van der Waals surface area contributed by atoms with Gasteiger partial charge in [-0.25, -0.2) is 0 Å². The third-order valence-electron chi connectivity index (χ3n) is 1.53. The fraction of sp³-hybridized carbons (Fsp3) is 0.100. The van der Waals surface area contributed by atoms with Crippen LogP contribution in [-0.4, -0.2) is 6.29 Å². The van der Waals surface area contributed by atoms with Crippen LogP contribution in [-0.2, 0) is 6.42 Å². The summed E-state index contributed by atoms with van der Waals surface area (Å²) in [7, 11) is 0. The van der Waals surface area contributed by atoms with Gasteiger partial charge in [0.25, 0.3) is 0 Å². The number of hydrogen-bond donors (Lipinski definition) is 0. The number of carbonyl (C=O) groups is 1. The van der Waals surface area contributed by atoms with Crippen molar-refractivity contribution in [3.63, 3.8) is 0 Å². The molecule has 12 heavy (non-hydrogen) atoms. The molecule has 0 aliphatic heterocycles. The predicted octanol–water partition coefficient (Wildman–Crippen LogP) is 2.40. The van der Waals surface area contributed by atoms with Crippen molar-refractivity contribution < 1.29 is 4.79 Å². The normalized spacial score (nSPS) is 8.42. The van der Waals surface area contributed by atoms with Crippen LogP contribution in [0.2, 0.25) is 0 Å². The average molecular weight is 223 g/mol. The van der Waals surface area contributed by atoms with Crippen LogP contribution >= 0.6 is 15.9 Å². The highest BCUT2D eigenvalue weighted by Gasteiger charge is 1.96. The van der Waals surface area contributed by atoms with E-state index in [0.717, 1.165) is 11.8 Å². The van der Waals surface area contributed by atoms with Gasteiger partial charge in [0.1, 0.15) is 6.29 Å². The van der Waals surface area contributed by atoms with E-state index in [2.05, 4.69) is 26.7 Å². The lowest BCUT2D eigenvalue weighted by Gasteiger charge is -1.97. The van der Waals surface area contributed by atoms with Gasteiger partial charge < -0.3 is 0 Å². The molecule has 0 aliphatic carbocycles. The molecule has 0 N–H and O–H groups in total. The van der Waals surface area contributed by atoms with E-state index in [1.165, 1.54) is 0 Å². The maximum Gasteiger partial charge on any atom is 0.150 e. The molecule has 1 rings (SSSR count). The number of hydrogen-bond acceptors (Lipinski definition) is 1. The summed E-state index contributed by atoms with van der Waals surface area (Å²) in [6.07, 6.45) is 1.46. The summed E-state index contributed by atoms with van der Waals surface area (Å²) in [5.41, 5.74) is 1.69. The van der Waals surface area contributed by atoms with E-state index in [4.69, 9.17) is 0 Å². The second-order valence-corrected chi connectivity index (χ2v) is 2.66. The molecule has 1 aromatic carbocycles. The largest absolute Gasteiger partial charge is 0.298 e. The van der Waals surface area contributed by atoms with Gasteiger partial charge in [0.15, 0.2) is 0 Å². The van der Waals surface area contributed by atoms with Crippen molar-refractivity contribution >= 4 is 22.2 Å². The van der Waals surface area contributed by atoms with E-state index in [-0.39, 0.29) is 0 Å². The molecule has 0 aliphatic rings. The molecule has 0 unspecified atom stereocenters. The molecule has 1 nitrogen and oxygen atoms in total. The van der Waals surface area contributed by atoms with Crippen molar-refractivity contribution in [1.82, 2.24) is 0 Å². The standard InChI is InChI=1S/C10H7BrO/c11-7-3-6-9-4-1-2-5-10(9)8-12/h1-2,4-5,8H,6H2. The third kappa shape index (κ3) is 2.21. The Bertz CT molecular complexity index is 333. The van der Waals surface area contributed by atoms with Gasteiger partial charge in [0.05, 0.1) is 0 Å². The minimum Gasteiger partial charge on any atom is -0.298 e. The van der Waals surface area contributed by atoms with Crippen LogP contribution < -0.4 is 0 Å². The maximum absolute atomic E-state index is 10.5. The summed E-state index contributed by atoms with van der Waals surface area (Å²) in [5, 5.41) is 0. The number of halogens is 1. The van der Waals surface area contributed by atoms with Gasteiger partial charge in [-0.2, -0.15) is 0 Å². The van der Waals surface area contributed by atoms with Gasteiger partial charge in [0.2, 0.25) is 0 Å². The summed E-state index contributed by atoms with van der Waals surface area (Å²) in [6.45, 7) is 0. The Balaban J connectivity index is 2.94. The Morgan fingerprint density at radius 2 is 2.17 bits per heavy atom. The molecule has 0 atom stereocenters. The first-order valence-electron chi connectivity index (χ1n) is 3.50. The quantitative estimate of drug-likeness (QED) is 0.555. The van der Waals surface area contributed by atoms with Crippen molar-refractivity contribution in [3.8, 4) is 10.8 Å². The highest BCUT2D eigenvalue weighted by atomic mass is 79.9. The summed E-state index contributed by atoms with van der Waals surface area (Å²) >= 11 is 3.00. The minimum atomic E-state index is 0.611. The first-order chi connectivity index (χ1) is 5.88. The Hall–Kier alpha value is -1.07. The Kier molecular flexibility index (Phi) is 3.56. The van der Waals surface area contributed by atoms with Gasteiger partial charge in [0, 0.05) is 27.9 Å². The maximum atomic E-state index is 10.5. The SMILES string of the molecule is O=Cc1ccccc1CC#CBr. The third-order valence-corrected chi connectivity index (χ3v) is 1.81. The molecule has 0 spiro atoms. The highest BCUT2D eigenvalue weighted by molar-refractivity contribution is 9.12. The predicted molar refractivity (Wildman–Crippen MR) is 52.2 cm³/mol. The van der Waals surface area contributed by atoms with Crippen molar-refractivity contribution in [1.29, 1.82) is 0 Å². The Labute approximate surface area is 79.9 Å². The molecule has 0 heterocycles. The van der Waals surface area contributed by atoms with Crippen molar-refractivity contribution in [2.24, 2.45) is 0 Å². The molecule has 0 bridgehead atoms. The summed E-state index contributed by atoms with van der Waals surface area (Å²) in [6, 6.07) is 7.44. The number of benzene rings is 1. The highest BCUT2D eigenvalue weighted by Crippen LogP contribution is 2.05. The molecule has 1 aromatic rings. The van der Waals surface area contributed by atoms with Crippen molar-refractivity contribution in [3.05, 3.63) is 35.4 Å². The molecule has 0 saturated carbocycles. The molecule has 2 heteroatoms. The van der Waals surface area contributed by atoms with Crippen LogP contribution in [0.3, 0.4) is 0 Å². The van der Waals surface area contributed by atoms with Crippen LogP contribution in [0.25, 0.3) is 0 Å². The first-order valence-corrected chi connectivity index (χ1v) is 4.29. The zero-order valence-electron chi connectivity index (χ0n) is 6.38. The van der Waals surface area contributed by atoms with Crippen LogP contribution in [0.15, 0.2) is 24.3 Å². The molecular weight excluding hydrogens is 216 g/mol. The van der Waals surface area contributed by atoms with E-state index >= 15 is 0 Å². The lowest BCUT2D eigenvalue weighted by molar-refractivity contribution is 0.112. The van der Waals surface area contributed by atoms with E-state index in [0.29, 0.717) is 12.0 Å². The Morgan fingerprint density at radius 3 is 2.83 bits per heavy atom. The fourth-order valence-electron chi connectivity index (χ4n) is 0.939. The summed E-state index contributed by atoms with van der Waals surface area (Å²) < 4.78 is 0. The number of carbonyl (C=O) groups excluding carboxylic acids is 1. The molecular formula is C10H7BrO. The topological polar surface area (TPSA) is 17.1 Å². The molecule has 0 fully saturated rings. The molecule has 60 valence electrons. The van der Waals surface area contributed by atoms with Crippen LogP contribution in [0.5, 0.6) is 0 Å². The van der Waals surface area contributed by atoms with E-state index in [1.807, 2.05) is 18.2 Å². The van der Waals surface area contributed by atoms with Gasteiger partial charge in [-0.1, -0.05) is 30.2 Å². The second-order valence-electron chi connectivity index (χ2n) is 2.26. The van der Waals surface area contributed by atoms with Gasteiger partial charge in [-0.15, -0.1) is 0 Å². The van der Waals surface area contributed by atoms with Crippen molar-refractivity contribution in [2.75, 3.05) is 0 Å². The minimum absolute atomic E-state index is 0.611. The number of aldehydes is 1. The lowest BCUT2D eigenvalue weighted by Crippen LogP contribution is -1.89. The van der Waals surface area contributed by atoms with Gasteiger partial charge >= 0.3 is 0 Å². The molecule has 0 aromatic heterocycles. The van der Waals surface area contributed by atoms with Gasteiger partial charge in [-0.05, 0) is 10.4 Å². The first kappa shape index (κ1) is 9.02. The van der Waals surface area contributed by atoms with Gasteiger partial charge in [-0.3, -0.25) is 4.79 Å². The second kappa shape index (κ2) is 4.74. The average Bonchev–Trinajstić information content (AvgIpc) is 2.15. The lowest BCUT2D eigenvalue weighted by atomic mass is 10.1. The van der Waals surface area contributed by atoms with Crippen molar-refractivity contribution in [2.45, 2.75) is 6.42 Å². The van der Waals surface area contributed by atoms with E-state index in [1.54, 1.807) is 6.07 Å². The fourth-order valence-corrected chi connectivity index (χ4v) is 1.08. The molecule has 0 radical (unpaired) electrons. The number of rotatable bonds is 2. The zero-order chi connectivity index (χ0) is 8.81. The monoisotopic (exact) mass is 222 g/mol. The van der Waals surface area contributed by atoms with Crippen LogP contribution in [0, 0.1) is 10.8 Å². The van der Waals surface area contributed by atoms with Crippen LogP contribution in [0.1, 0.15) is 15.9 Å². The summed E-state index contributed by atoms with van der Waals surface area (Å²) in [5.74, 6) is 2.85. The van der Waals surface area contributed by atoms with Crippen LogP contribution in [0.4, 0.5) is 0 Å². The zero-order valence-corrected chi connectivity index (χ0v) is 7.97. The van der Waals surface area contributed by atoms with E-state index < -0.39 is 0 Å². The summed E-state index contributed by atoms with van der Waals surface area (Å²) in [4.78, 5) is 13.1. The Morgan fingerprint density at radius 1 is 1.42 bits per heavy atom.